The highest BCUT2D eigenvalue weighted by Crippen LogP contribution is 2.16. The lowest BCUT2D eigenvalue weighted by atomic mass is 10.0. The molecule has 0 radical (unpaired) electrons. The molecule has 6 heteroatoms. The summed E-state index contributed by atoms with van der Waals surface area (Å²) in [6, 6.07) is 0. The number of hydrogen-bond acceptors (Lipinski definition) is 4. The number of carbonyl (C=O) groups is 1. The Morgan fingerprint density at radius 1 is 0.636 bits per heavy atom. The molecule has 1 unspecified atom stereocenters. The first-order valence-electron chi connectivity index (χ1n) is 14.0. The third-order valence-electron chi connectivity index (χ3n) is 6.36. The van der Waals surface area contributed by atoms with E-state index >= 15 is 0 Å². The average Bonchev–Trinajstić information content (AvgIpc) is 2.73. The lowest BCUT2D eigenvalue weighted by molar-refractivity contribution is -0.145. The maximum absolute atomic E-state index is 11.1. The van der Waals surface area contributed by atoms with Crippen molar-refractivity contribution in [2.45, 2.75) is 161 Å². The molecule has 0 aliphatic carbocycles. The predicted molar refractivity (Wildman–Crippen MR) is 139 cm³/mol. The normalized spacial score (nSPS) is 12.7. The van der Waals surface area contributed by atoms with Gasteiger partial charge in [-0.2, -0.15) is 8.42 Å². The lowest BCUT2D eigenvalue weighted by Crippen LogP contribution is -2.25. The van der Waals surface area contributed by atoms with Crippen LogP contribution in [-0.4, -0.2) is 30.8 Å². The molecule has 198 valence electrons. The van der Waals surface area contributed by atoms with Crippen LogP contribution in [0.15, 0.2) is 0 Å². The zero-order chi connectivity index (χ0) is 24.6. The van der Waals surface area contributed by atoms with E-state index in [1.807, 2.05) is 0 Å². The van der Waals surface area contributed by atoms with Gasteiger partial charge >= 0.3 is 5.97 Å². The van der Waals surface area contributed by atoms with Gasteiger partial charge < -0.3 is 4.74 Å². The van der Waals surface area contributed by atoms with Crippen molar-refractivity contribution >= 4 is 16.1 Å². The molecule has 5 nitrogen and oxygen atoms in total. The molecule has 1 atom stereocenters. The summed E-state index contributed by atoms with van der Waals surface area (Å²) in [7, 11) is -4.12. The van der Waals surface area contributed by atoms with Crippen molar-refractivity contribution < 1.29 is 22.5 Å². The summed E-state index contributed by atoms with van der Waals surface area (Å²) in [5.74, 6) is -1.02. The van der Waals surface area contributed by atoms with E-state index in [4.69, 9.17) is 9.29 Å². The zero-order valence-corrected chi connectivity index (χ0v) is 22.6. The molecule has 1 N–H and O–H groups in total. The maximum atomic E-state index is 11.1. The first kappa shape index (κ1) is 32.4. The van der Waals surface area contributed by atoms with Crippen LogP contribution in [0, 0.1) is 0 Å². The number of hydrogen-bond donors (Lipinski definition) is 1. The van der Waals surface area contributed by atoms with Crippen LogP contribution >= 0.6 is 0 Å². The Bertz CT molecular complexity index is 533. The van der Waals surface area contributed by atoms with Crippen molar-refractivity contribution in [3.05, 3.63) is 0 Å². The monoisotopic (exact) mass is 490 g/mol. The summed E-state index contributed by atoms with van der Waals surface area (Å²) in [5.41, 5.74) is 0. The molecule has 0 aromatic heterocycles. The molecule has 0 aromatic rings. The maximum Gasteiger partial charge on any atom is 0.302 e. The van der Waals surface area contributed by atoms with E-state index in [0.29, 0.717) is 6.42 Å². The van der Waals surface area contributed by atoms with Gasteiger partial charge in [0.05, 0.1) is 0 Å². The minimum atomic E-state index is -4.12. The van der Waals surface area contributed by atoms with Gasteiger partial charge in [-0.1, -0.05) is 135 Å². The number of rotatable bonds is 25. The second-order valence-corrected chi connectivity index (χ2v) is 11.3. The Morgan fingerprint density at radius 2 is 0.939 bits per heavy atom. The number of carbonyl (C=O) groups excluding carboxylic acids is 1. The van der Waals surface area contributed by atoms with Gasteiger partial charge in [-0.25, -0.2) is 0 Å². The van der Waals surface area contributed by atoms with E-state index in [2.05, 4.69) is 6.92 Å². The van der Waals surface area contributed by atoms with Gasteiger partial charge in [0.1, 0.15) is 11.9 Å². The van der Waals surface area contributed by atoms with Crippen LogP contribution in [0.3, 0.4) is 0 Å². The third-order valence-corrected chi connectivity index (χ3v) is 7.15. The quantitative estimate of drug-likeness (QED) is 0.0789. The molecule has 0 spiro atoms. The van der Waals surface area contributed by atoms with E-state index in [0.717, 1.165) is 19.3 Å². The largest absolute Gasteiger partial charge is 0.461 e. The number of ether oxygens (including phenoxy) is 1. The van der Waals surface area contributed by atoms with E-state index in [-0.39, 0.29) is 0 Å². The Morgan fingerprint density at radius 3 is 1.21 bits per heavy atom. The van der Waals surface area contributed by atoms with Gasteiger partial charge in [0, 0.05) is 6.92 Å². The molecule has 0 fully saturated rings. The van der Waals surface area contributed by atoms with Crippen molar-refractivity contribution in [3.63, 3.8) is 0 Å². The SMILES string of the molecule is CCCCCCCCCCCCCCCCCCCCCCCC(CS(=O)(=O)O)OC(C)=O. The molecule has 0 aliphatic heterocycles. The second-order valence-electron chi connectivity index (χ2n) is 9.84. The Kier molecular flexibility index (Phi) is 22.7. The molecule has 0 heterocycles. The summed E-state index contributed by atoms with van der Waals surface area (Å²) < 4.78 is 36.0. The fourth-order valence-electron chi connectivity index (χ4n) is 4.45. The van der Waals surface area contributed by atoms with Crippen LogP contribution in [0.5, 0.6) is 0 Å². The van der Waals surface area contributed by atoms with Crippen molar-refractivity contribution in [1.82, 2.24) is 0 Å². The molecule has 33 heavy (non-hydrogen) atoms. The molecular weight excluding hydrogens is 436 g/mol. The average molecular weight is 491 g/mol. The summed E-state index contributed by atoms with van der Waals surface area (Å²) in [6.45, 7) is 3.54. The number of esters is 1. The van der Waals surface area contributed by atoms with Crippen molar-refractivity contribution in [2.24, 2.45) is 0 Å². The molecule has 0 aliphatic rings. The van der Waals surface area contributed by atoms with Crippen LogP contribution in [0.4, 0.5) is 0 Å². The molecular formula is C27H54O5S. The van der Waals surface area contributed by atoms with Crippen LogP contribution < -0.4 is 0 Å². The highest BCUT2D eigenvalue weighted by Gasteiger charge is 2.19. The van der Waals surface area contributed by atoms with E-state index in [1.165, 1.54) is 122 Å². The van der Waals surface area contributed by atoms with Gasteiger partial charge in [-0.05, 0) is 12.8 Å². The minimum absolute atomic E-state index is 0.485. The molecule has 0 aromatic carbocycles. The van der Waals surface area contributed by atoms with E-state index in [9.17, 15) is 13.2 Å². The fourth-order valence-corrected chi connectivity index (χ4v) is 5.15. The first-order chi connectivity index (χ1) is 15.8. The standard InChI is InChI=1S/C27H54O5S/c1-3-4-5-6-7-8-9-10-11-12-13-14-15-16-17-18-19-20-21-22-23-24-27(32-26(2)28)25-33(29,30)31/h27H,3-25H2,1-2H3,(H,29,30,31). The van der Waals surface area contributed by atoms with Gasteiger partial charge in [0.25, 0.3) is 10.1 Å². The van der Waals surface area contributed by atoms with Crippen molar-refractivity contribution in [1.29, 1.82) is 0 Å². The van der Waals surface area contributed by atoms with Gasteiger partial charge in [-0.3, -0.25) is 9.35 Å². The number of unbranched alkanes of at least 4 members (excludes halogenated alkanes) is 20. The minimum Gasteiger partial charge on any atom is -0.461 e. The van der Waals surface area contributed by atoms with E-state index < -0.39 is 27.9 Å². The highest BCUT2D eigenvalue weighted by molar-refractivity contribution is 7.85. The van der Waals surface area contributed by atoms with E-state index in [1.54, 1.807) is 0 Å². The zero-order valence-electron chi connectivity index (χ0n) is 21.8. The summed E-state index contributed by atoms with van der Waals surface area (Å²) in [6.07, 6.45) is 27.5. The first-order valence-corrected chi connectivity index (χ1v) is 15.6. The van der Waals surface area contributed by atoms with Crippen LogP contribution in [-0.2, 0) is 19.6 Å². The smallest absolute Gasteiger partial charge is 0.302 e. The van der Waals surface area contributed by atoms with Gasteiger partial charge in [0.15, 0.2) is 0 Å². The van der Waals surface area contributed by atoms with Gasteiger partial charge in [-0.15, -0.1) is 0 Å². The molecule has 0 saturated heterocycles. The van der Waals surface area contributed by atoms with Crippen molar-refractivity contribution in [3.8, 4) is 0 Å². The van der Waals surface area contributed by atoms with Crippen molar-refractivity contribution in [2.75, 3.05) is 5.75 Å². The van der Waals surface area contributed by atoms with Crippen LogP contribution in [0.2, 0.25) is 0 Å². The molecule has 0 amide bonds. The molecule has 0 saturated carbocycles. The Labute approximate surface area is 205 Å². The summed E-state index contributed by atoms with van der Waals surface area (Å²) in [4.78, 5) is 11.1. The summed E-state index contributed by atoms with van der Waals surface area (Å²) >= 11 is 0. The highest BCUT2D eigenvalue weighted by atomic mass is 32.2. The second kappa shape index (κ2) is 23.1. The van der Waals surface area contributed by atoms with Gasteiger partial charge in [0.2, 0.25) is 0 Å². The fraction of sp³-hybridized carbons (Fsp3) is 0.963. The molecule has 0 rings (SSSR count). The Hall–Kier alpha value is -0.620. The third kappa shape index (κ3) is 27.5. The summed E-state index contributed by atoms with van der Waals surface area (Å²) in [5, 5.41) is 0. The topological polar surface area (TPSA) is 80.7 Å². The predicted octanol–water partition coefficient (Wildman–Crippen LogP) is 8.41. The molecule has 0 bridgehead atoms. The Balaban J connectivity index is 3.32. The lowest BCUT2D eigenvalue weighted by Gasteiger charge is -2.15. The van der Waals surface area contributed by atoms with Crippen LogP contribution in [0.25, 0.3) is 0 Å². The van der Waals surface area contributed by atoms with Crippen LogP contribution in [0.1, 0.15) is 155 Å².